The predicted octanol–water partition coefficient (Wildman–Crippen LogP) is 2.09. The van der Waals surface area contributed by atoms with Gasteiger partial charge in [-0.1, -0.05) is 13.8 Å². The summed E-state index contributed by atoms with van der Waals surface area (Å²) < 4.78 is 25.0. The van der Waals surface area contributed by atoms with Gasteiger partial charge in [0.2, 0.25) is 15.9 Å². The Bertz CT molecular complexity index is 393. The second kappa shape index (κ2) is 7.98. The van der Waals surface area contributed by atoms with Crippen molar-refractivity contribution >= 4 is 15.9 Å². The van der Waals surface area contributed by atoms with E-state index >= 15 is 0 Å². The van der Waals surface area contributed by atoms with Crippen LogP contribution < -0.4 is 0 Å². The van der Waals surface area contributed by atoms with Crippen LogP contribution in [0.1, 0.15) is 53.9 Å². The molecule has 0 bridgehead atoms. The van der Waals surface area contributed by atoms with Gasteiger partial charge in [0.15, 0.2) is 0 Å². The zero-order valence-electron chi connectivity index (χ0n) is 13.8. The molecule has 0 aromatic carbocycles. The molecule has 0 N–H and O–H groups in total. The first-order valence-electron chi connectivity index (χ1n) is 7.29. The first-order valence-corrected chi connectivity index (χ1v) is 9.14. The molecule has 0 aliphatic rings. The highest BCUT2D eigenvalue weighted by Gasteiger charge is 2.30. The maximum absolute atomic E-state index is 12.2. The Morgan fingerprint density at radius 1 is 1.00 bits per heavy atom. The summed E-state index contributed by atoms with van der Waals surface area (Å²) in [5.41, 5.74) is -0.506. The van der Waals surface area contributed by atoms with Crippen LogP contribution in [0.25, 0.3) is 0 Å². The van der Waals surface area contributed by atoms with E-state index in [0.717, 1.165) is 25.9 Å². The third-order valence-electron chi connectivity index (χ3n) is 3.02. The second-order valence-corrected chi connectivity index (χ2v) is 8.04. The SMILES string of the molecule is CCCN(CCC)C(=O)CCN(C(C)(C)C)S(C)(=O)=O. The number of carbonyl (C=O) groups is 1. The summed E-state index contributed by atoms with van der Waals surface area (Å²) in [5.74, 6) is 0.0339. The number of hydrogen-bond acceptors (Lipinski definition) is 3. The van der Waals surface area contributed by atoms with Gasteiger partial charge < -0.3 is 4.90 Å². The van der Waals surface area contributed by atoms with E-state index in [4.69, 9.17) is 0 Å². The quantitative estimate of drug-likeness (QED) is 0.690. The summed E-state index contributed by atoms with van der Waals surface area (Å²) in [7, 11) is -3.31. The Morgan fingerprint density at radius 2 is 1.45 bits per heavy atom. The standard InChI is InChI=1S/C14H30N2O3S/c1-7-10-15(11-8-2)13(17)9-12-16(14(3,4)5)20(6,18)19/h7-12H2,1-6H3. The minimum absolute atomic E-state index is 0.0339. The zero-order chi connectivity index (χ0) is 16.0. The number of rotatable bonds is 8. The van der Waals surface area contributed by atoms with Gasteiger partial charge in [0.25, 0.3) is 0 Å². The fourth-order valence-electron chi connectivity index (χ4n) is 2.26. The van der Waals surface area contributed by atoms with Gasteiger partial charge in [-0.25, -0.2) is 8.42 Å². The van der Waals surface area contributed by atoms with Gasteiger partial charge in [-0.15, -0.1) is 0 Å². The van der Waals surface area contributed by atoms with Crippen LogP contribution in [0.2, 0.25) is 0 Å². The summed E-state index contributed by atoms with van der Waals surface area (Å²) in [6.07, 6.45) is 3.27. The van der Waals surface area contributed by atoms with Gasteiger partial charge in [0.05, 0.1) is 6.26 Å². The Morgan fingerprint density at radius 3 is 1.75 bits per heavy atom. The van der Waals surface area contributed by atoms with Crippen LogP contribution in [-0.4, -0.2) is 55.0 Å². The molecule has 1 amide bonds. The van der Waals surface area contributed by atoms with Crippen molar-refractivity contribution in [1.29, 1.82) is 0 Å². The van der Waals surface area contributed by atoms with E-state index in [2.05, 4.69) is 0 Å². The molecule has 0 radical (unpaired) electrons. The molecule has 0 saturated carbocycles. The highest BCUT2D eigenvalue weighted by atomic mass is 32.2. The fourth-order valence-corrected chi connectivity index (χ4v) is 3.67. The van der Waals surface area contributed by atoms with E-state index in [1.165, 1.54) is 10.6 Å². The summed E-state index contributed by atoms with van der Waals surface area (Å²) in [5, 5.41) is 0. The van der Waals surface area contributed by atoms with Crippen LogP contribution in [0.4, 0.5) is 0 Å². The summed E-state index contributed by atoms with van der Waals surface area (Å²) in [6.45, 7) is 11.3. The Kier molecular flexibility index (Phi) is 7.73. The van der Waals surface area contributed by atoms with Gasteiger partial charge in [-0.05, 0) is 33.6 Å². The van der Waals surface area contributed by atoms with Crippen molar-refractivity contribution in [3.05, 3.63) is 0 Å². The summed E-state index contributed by atoms with van der Waals surface area (Å²) in [6, 6.07) is 0. The molecule has 0 unspecified atom stereocenters. The predicted molar refractivity (Wildman–Crippen MR) is 83.1 cm³/mol. The molecule has 0 saturated heterocycles. The molecule has 120 valence electrons. The molecule has 20 heavy (non-hydrogen) atoms. The summed E-state index contributed by atoms with van der Waals surface area (Å²) in [4.78, 5) is 14.0. The molecule has 0 spiro atoms. The highest BCUT2D eigenvalue weighted by Crippen LogP contribution is 2.18. The lowest BCUT2D eigenvalue weighted by Crippen LogP contribution is -2.47. The average molecular weight is 306 g/mol. The number of amides is 1. The third-order valence-corrected chi connectivity index (χ3v) is 4.55. The molecule has 0 heterocycles. The molecular formula is C14H30N2O3S. The Hall–Kier alpha value is -0.620. The van der Waals surface area contributed by atoms with Crippen LogP contribution in [-0.2, 0) is 14.8 Å². The molecule has 0 aromatic rings. The molecule has 0 aromatic heterocycles. The fraction of sp³-hybridized carbons (Fsp3) is 0.929. The molecular weight excluding hydrogens is 276 g/mol. The van der Waals surface area contributed by atoms with E-state index in [0.29, 0.717) is 0 Å². The molecule has 0 aliphatic heterocycles. The van der Waals surface area contributed by atoms with E-state index in [1.54, 1.807) is 0 Å². The number of nitrogens with zero attached hydrogens (tertiary/aromatic N) is 2. The monoisotopic (exact) mass is 306 g/mol. The number of hydrogen-bond donors (Lipinski definition) is 0. The van der Waals surface area contributed by atoms with Gasteiger partial charge >= 0.3 is 0 Å². The van der Waals surface area contributed by atoms with Crippen molar-refractivity contribution in [2.75, 3.05) is 25.9 Å². The van der Waals surface area contributed by atoms with Gasteiger partial charge in [-0.3, -0.25) is 4.79 Å². The lowest BCUT2D eigenvalue weighted by molar-refractivity contribution is -0.131. The molecule has 0 atom stereocenters. The van der Waals surface area contributed by atoms with Crippen molar-refractivity contribution in [3.63, 3.8) is 0 Å². The normalized spacial score (nSPS) is 12.8. The first-order chi connectivity index (χ1) is 9.04. The molecule has 5 nitrogen and oxygen atoms in total. The molecule has 0 rings (SSSR count). The zero-order valence-corrected chi connectivity index (χ0v) is 14.6. The van der Waals surface area contributed by atoms with Crippen LogP contribution in [0.3, 0.4) is 0 Å². The highest BCUT2D eigenvalue weighted by molar-refractivity contribution is 7.88. The molecule has 0 aliphatic carbocycles. The molecule has 6 heteroatoms. The van der Waals surface area contributed by atoms with Crippen molar-refractivity contribution in [2.45, 2.75) is 59.4 Å². The van der Waals surface area contributed by atoms with E-state index < -0.39 is 15.6 Å². The van der Waals surface area contributed by atoms with Crippen molar-refractivity contribution in [3.8, 4) is 0 Å². The number of carbonyl (C=O) groups excluding carboxylic acids is 1. The first kappa shape index (κ1) is 19.4. The Labute approximate surface area is 124 Å². The summed E-state index contributed by atoms with van der Waals surface area (Å²) >= 11 is 0. The maximum Gasteiger partial charge on any atom is 0.223 e. The minimum atomic E-state index is -3.31. The minimum Gasteiger partial charge on any atom is -0.343 e. The number of sulfonamides is 1. The molecule has 0 fully saturated rings. The van der Waals surface area contributed by atoms with Crippen molar-refractivity contribution in [2.24, 2.45) is 0 Å². The van der Waals surface area contributed by atoms with Gasteiger partial charge in [0.1, 0.15) is 0 Å². The van der Waals surface area contributed by atoms with Crippen LogP contribution in [0, 0.1) is 0 Å². The van der Waals surface area contributed by atoms with Crippen molar-refractivity contribution < 1.29 is 13.2 Å². The van der Waals surface area contributed by atoms with Crippen LogP contribution in [0.15, 0.2) is 0 Å². The lowest BCUT2D eigenvalue weighted by Gasteiger charge is -2.33. The van der Waals surface area contributed by atoms with E-state index in [-0.39, 0.29) is 18.9 Å². The largest absolute Gasteiger partial charge is 0.343 e. The Balaban J connectivity index is 4.74. The van der Waals surface area contributed by atoms with Crippen LogP contribution >= 0.6 is 0 Å². The van der Waals surface area contributed by atoms with Crippen LogP contribution in [0.5, 0.6) is 0 Å². The third kappa shape index (κ3) is 6.70. The van der Waals surface area contributed by atoms with E-state index in [9.17, 15) is 13.2 Å². The maximum atomic E-state index is 12.2. The second-order valence-electron chi connectivity index (χ2n) is 6.14. The average Bonchev–Trinajstić information content (AvgIpc) is 2.25. The van der Waals surface area contributed by atoms with Gasteiger partial charge in [0, 0.05) is 31.6 Å². The topological polar surface area (TPSA) is 57.7 Å². The lowest BCUT2D eigenvalue weighted by atomic mass is 10.1. The van der Waals surface area contributed by atoms with E-state index in [1.807, 2.05) is 39.5 Å². The van der Waals surface area contributed by atoms with Gasteiger partial charge in [-0.2, -0.15) is 4.31 Å². The van der Waals surface area contributed by atoms with Crippen molar-refractivity contribution in [1.82, 2.24) is 9.21 Å². The smallest absolute Gasteiger partial charge is 0.223 e.